The predicted molar refractivity (Wildman–Crippen MR) is 76.8 cm³/mol. The average Bonchev–Trinajstić information content (AvgIpc) is 2.74. The summed E-state index contributed by atoms with van der Waals surface area (Å²) in [5.41, 5.74) is -0.365. The highest BCUT2D eigenvalue weighted by Gasteiger charge is 2.35. The summed E-state index contributed by atoms with van der Waals surface area (Å²) in [5, 5.41) is 3.01. The van der Waals surface area contributed by atoms with Gasteiger partial charge < -0.3 is 10.1 Å². The highest BCUT2D eigenvalue weighted by Crippen LogP contribution is 2.34. The van der Waals surface area contributed by atoms with Gasteiger partial charge in [0.1, 0.15) is 0 Å². The number of carbonyl (C=O) groups excluding carboxylic acids is 1. The van der Waals surface area contributed by atoms with E-state index in [2.05, 4.69) is 5.32 Å². The van der Waals surface area contributed by atoms with Gasteiger partial charge in [0.2, 0.25) is 5.78 Å². The molecule has 6 heteroatoms. The minimum Gasteiger partial charge on any atom is -0.467 e. The number of hydrogen-bond donors (Lipinski definition) is 1. The summed E-state index contributed by atoms with van der Waals surface area (Å²) < 4.78 is 43.9. The fourth-order valence-electron chi connectivity index (χ4n) is 2.24. The summed E-state index contributed by atoms with van der Waals surface area (Å²) in [6, 6.07) is 4.75. The molecule has 1 aromatic rings. The van der Waals surface area contributed by atoms with Crippen molar-refractivity contribution >= 4 is 11.4 Å². The van der Waals surface area contributed by atoms with E-state index >= 15 is 0 Å². The van der Waals surface area contributed by atoms with E-state index in [1.807, 2.05) is 6.92 Å². The first kappa shape index (κ1) is 16.4. The van der Waals surface area contributed by atoms with Gasteiger partial charge in [0.25, 0.3) is 0 Å². The van der Waals surface area contributed by atoms with Crippen LogP contribution < -0.4 is 5.32 Å². The van der Waals surface area contributed by atoms with Gasteiger partial charge in [-0.05, 0) is 31.0 Å². The molecule has 1 aliphatic rings. The van der Waals surface area contributed by atoms with Crippen LogP contribution in [0, 0.1) is 0 Å². The van der Waals surface area contributed by atoms with Crippen molar-refractivity contribution in [2.45, 2.75) is 39.0 Å². The number of Topliss-reactive ketones (excluding diaryl/α,β-unsaturated/α-hetero) is 1. The summed E-state index contributed by atoms with van der Waals surface area (Å²) in [4.78, 5) is 12.2. The zero-order valence-electron chi connectivity index (χ0n) is 12.5. The Morgan fingerprint density at radius 3 is 2.68 bits per heavy atom. The van der Waals surface area contributed by atoms with Gasteiger partial charge in [0.05, 0.1) is 11.1 Å². The Labute approximate surface area is 127 Å². The third-order valence-electron chi connectivity index (χ3n) is 3.43. The number of carbonyl (C=O) groups is 1. The van der Waals surface area contributed by atoms with Crippen LogP contribution in [0.1, 0.15) is 37.8 Å². The molecule has 1 aliphatic heterocycles. The zero-order chi connectivity index (χ0) is 16.3. The van der Waals surface area contributed by atoms with Gasteiger partial charge in [-0.2, -0.15) is 13.2 Å². The predicted octanol–water partition coefficient (Wildman–Crippen LogP) is 3.75. The molecule has 2 rings (SSSR count). The smallest absolute Gasteiger partial charge is 0.416 e. The second-order valence-corrected chi connectivity index (χ2v) is 5.19. The highest BCUT2D eigenvalue weighted by atomic mass is 19.4. The maximum absolute atomic E-state index is 12.8. The number of alkyl halides is 3. The standard InChI is InChI=1S/C16H18F3NO2/c1-3-4-8-20-15-13(14(21)10(2)22-15)11-6-5-7-12(9-11)16(17,18)19/h5-7,9-10,20H,3-4,8H2,1-2H3. The maximum Gasteiger partial charge on any atom is 0.416 e. The number of ketones is 1. The molecular weight excluding hydrogens is 295 g/mol. The van der Waals surface area contributed by atoms with E-state index in [1.165, 1.54) is 12.1 Å². The lowest BCUT2D eigenvalue weighted by Crippen LogP contribution is -2.17. The molecule has 0 amide bonds. The van der Waals surface area contributed by atoms with E-state index < -0.39 is 17.8 Å². The Balaban J connectivity index is 2.37. The second-order valence-electron chi connectivity index (χ2n) is 5.19. The van der Waals surface area contributed by atoms with E-state index in [1.54, 1.807) is 6.92 Å². The normalized spacial score (nSPS) is 18.6. The van der Waals surface area contributed by atoms with Crippen LogP contribution in [0.25, 0.3) is 5.57 Å². The largest absolute Gasteiger partial charge is 0.467 e. The first-order valence-electron chi connectivity index (χ1n) is 7.21. The minimum absolute atomic E-state index is 0.190. The number of benzene rings is 1. The van der Waals surface area contributed by atoms with Crippen molar-refractivity contribution in [1.82, 2.24) is 5.32 Å². The molecule has 1 unspecified atom stereocenters. The number of nitrogens with one attached hydrogen (secondary N) is 1. The number of hydrogen-bond acceptors (Lipinski definition) is 3. The number of halogens is 3. The summed E-state index contributed by atoms with van der Waals surface area (Å²) in [7, 11) is 0. The van der Waals surface area contributed by atoms with E-state index in [0.29, 0.717) is 6.54 Å². The molecule has 0 bridgehead atoms. The lowest BCUT2D eigenvalue weighted by Gasteiger charge is -2.11. The van der Waals surface area contributed by atoms with Gasteiger partial charge in [-0.1, -0.05) is 25.5 Å². The van der Waals surface area contributed by atoms with Crippen LogP contribution in [0.2, 0.25) is 0 Å². The summed E-state index contributed by atoms with van der Waals surface area (Å²) >= 11 is 0. The van der Waals surface area contributed by atoms with Crippen LogP contribution in [-0.4, -0.2) is 18.4 Å². The van der Waals surface area contributed by atoms with Gasteiger partial charge in [-0.25, -0.2) is 0 Å². The van der Waals surface area contributed by atoms with E-state index in [-0.39, 0.29) is 22.8 Å². The Hall–Kier alpha value is -1.98. The van der Waals surface area contributed by atoms with Crippen LogP contribution in [0.3, 0.4) is 0 Å². The molecule has 1 atom stereocenters. The SMILES string of the molecule is CCCCNC1=C(c2cccc(C(F)(F)F)c2)C(=O)C(C)O1. The molecule has 1 aromatic carbocycles. The van der Waals surface area contributed by atoms with Crippen molar-refractivity contribution in [2.24, 2.45) is 0 Å². The van der Waals surface area contributed by atoms with Crippen LogP contribution >= 0.6 is 0 Å². The van der Waals surface area contributed by atoms with Crippen molar-refractivity contribution < 1.29 is 22.7 Å². The number of ether oxygens (including phenoxy) is 1. The minimum atomic E-state index is -4.44. The molecule has 1 N–H and O–H groups in total. The first-order chi connectivity index (χ1) is 10.3. The number of rotatable bonds is 5. The van der Waals surface area contributed by atoms with Crippen molar-refractivity contribution in [1.29, 1.82) is 0 Å². The Morgan fingerprint density at radius 1 is 1.32 bits per heavy atom. The van der Waals surface area contributed by atoms with Crippen LogP contribution in [0.5, 0.6) is 0 Å². The van der Waals surface area contributed by atoms with Gasteiger partial charge >= 0.3 is 6.18 Å². The third kappa shape index (κ3) is 3.43. The lowest BCUT2D eigenvalue weighted by atomic mass is 9.99. The average molecular weight is 313 g/mol. The molecule has 0 spiro atoms. The molecule has 22 heavy (non-hydrogen) atoms. The number of unbranched alkanes of at least 4 members (excludes halogenated alkanes) is 1. The fraction of sp³-hybridized carbons (Fsp3) is 0.438. The Bertz CT molecular complexity index is 593. The van der Waals surface area contributed by atoms with Crippen molar-refractivity contribution in [3.63, 3.8) is 0 Å². The van der Waals surface area contributed by atoms with Crippen molar-refractivity contribution in [2.75, 3.05) is 6.54 Å². The summed E-state index contributed by atoms with van der Waals surface area (Å²) in [6.45, 7) is 4.21. The molecule has 0 aliphatic carbocycles. The molecule has 0 radical (unpaired) electrons. The highest BCUT2D eigenvalue weighted by molar-refractivity contribution is 6.24. The van der Waals surface area contributed by atoms with E-state index in [9.17, 15) is 18.0 Å². The van der Waals surface area contributed by atoms with E-state index in [0.717, 1.165) is 25.0 Å². The quantitative estimate of drug-likeness (QED) is 0.841. The molecule has 0 saturated carbocycles. The van der Waals surface area contributed by atoms with Crippen molar-refractivity contribution in [3.8, 4) is 0 Å². The third-order valence-corrected chi connectivity index (χ3v) is 3.43. The van der Waals surface area contributed by atoms with Gasteiger partial charge in [-0.15, -0.1) is 0 Å². The van der Waals surface area contributed by atoms with Crippen molar-refractivity contribution in [3.05, 3.63) is 41.3 Å². The lowest BCUT2D eigenvalue weighted by molar-refractivity contribution is -0.137. The molecule has 1 heterocycles. The second kappa shape index (κ2) is 6.42. The first-order valence-corrected chi connectivity index (χ1v) is 7.21. The topological polar surface area (TPSA) is 38.3 Å². The monoisotopic (exact) mass is 313 g/mol. The summed E-state index contributed by atoms with van der Waals surface area (Å²) in [5.74, 6) is -0.0383. The van der Waals surface area contributed by atoms with E-state index in [4.69, 9.17) is 4.74 Å². The molecule has 120 valence electrons. The molecule has 3 nitrogen and oxygen atoms in total. The molecular formula is C16H18F3NO2. The summed E-state index contributed by atoms with van der Waals surface area (Å²) in [6.07, 6.45) is -3.29. The molecule has 0 fully saturated rings. The van der Waals surface area contributed by atoms with Crippen LogP contribution in [0.15, 0.2) is 30.1 Å². The molecule has 0 aromatic heterocycles. The van der Waals surface area contributed by atoms with Gasteiger partial charge in [0.15, 0.2) is 12.0 Å². The fourth-order valence-corrected chi connectivity index (χ4v) is 2.24. The maximum atomic E-state index is 12.8. The Morgan fingerprint density at radius 2 is 2.05 bits per heavy atom. The Kier molecular flexibility index (Phi) is 4.78. The van der Waals surface area contributed by atoms with Gasteiger partial charge in [-0.3, -0.25) is 4.79 Å². The molecule has 0 saturated heterocycles. The van der Waals surface area contributed by atoms with Gasteiger partial charge in [0, 0.05) is 6.54 Å². The van der Waals surface area contributed by atoms with Crippen LogP contribution in [-0.2, 0) is 15.7 Å². The van der Waals surface area contributed by atoms with Crippen LogP contribution in [0.4, 0.5) is 13.2 Å². The zero-order valence-corrected chi connectivity index (χ0v) is 12.5.